The van der Waals surface area contributed by atoms with Gasteiger partial charge in [0.05, 0.1) is 20.9 Å². The standard InChI is InChI=1S/C21H23N5O6S/c27-20(22-11-14-23-12-3-4-13-23)15-24-18-5-1-2-6-19(18)25(21(24)28)33(31,32)17-9-7-16(8-10-17)26(29)30/h1-2,5-10H,3-4,11-15H2,(H,22,27). The molecule has 11 nitrogen and oxygen atoms in total. The van der Waals surface area contributed by atoms with Gasteiger partial charge in [0, 0.05) is 25.2 Å². The third-order valence-corrected chi connectivity index (χ3v) is 7.33. The van der Waals surface area contributed by atoms with E-state index >= 15 is 0 Å². The van der Waals surface area contributed by atoms with Crippen molar-refractivity contribution in [1.29, 1.82) is 0 Å². The van der Waals surface area contributed by atoms with Gasteiger partial charge < -0.3 is 10.2 Å². The van der Waals surface area contributed by atoms with Gasteiger partial charge in [-0.15, -0.1) is 0 Å². The molecule has 0 bridgehead atoms. The van der Waals surface area contributed by atoms with E-state index in [4.69, 9.17) is 0 Å². The van der Waals surface area contributed by atoms with Crippen LogP contribution in [-0.2, 0) is 21.4 Å². The molecule has 1 aromatic heterocycles. The SMILES string of the molecule is O=C(Cn1c(=O)n(S(=O)(=O)c2ccc([N+](=O)[O-])cc2)c2ccccc21)NCCN1CCCC1. The summed E-state index contributed by atoms with van der Waals surface area (Å²) < 4.78 is 28.2. The van der Waals surface area contributed by atoms with Gasteiger partial charge in [0.1, 0.15) is 6.54 Å². The minimum Gasteiger partial charge on any atom is -0.353 e. The van der Waals surface area contributed by atoms with Gasteiger partial charge >= 0.3 is 5.69 Å². The summed E-state index contributed by atoms with van der Waals surface area (Å²) in [5, 5.41) is 13.7. The van der Waals surface area contributed by atoms with Crippen molar-refractivity contribution in [2.24, 2.45) is 0 Å². The first-order chi connectivity index (χ1) is 15.8. The van der Waals surface area contributed by atoms with Gasteiger partial charge in [0.25, 0.3) is 15.7 Å². The number of aromatic nitrogens is 2. The summed E-state index contributed by atoms with van der Waals surface area (Å²) in [6.45, 7) is 2.83. The van der Waals surface area contributed by atoms with Crippen molar-refractivity contribution < 1.29 is 18.1 Å². The van der Waals surface area contributed by atoms with Crippen LogP contribution in [0.15, 0.2) is 58.2 Å². The molecule has 1 aliphatic rings. The Kier molecular flexibility index (Phi) is 6.29. The highest BCUT2D eigenvalue weighted by Crippen LogP contribution is 2.21. The van der Waals surface area contributed by atoms with E-state index in [1.165, 1.54) is 6.07 Å². The molecule has 0 atom stereocenters. The Morgan fingerprint density at radius 1 is 1.03 bits per heavy atom. The van der Waals surface area contributed by atoms with Gasteiger partial charge in [-0.25, -0.2) is 13.2 Å². The molecule has 12 heteroatoms. The normalized spacial score (nSPS) is 14.5. The Hall–Kier alpha value is -3.51. The molecule has 0 saturated carbocycles. The average molecular weight is 474 g/mol. The molecule has 0 unspecified atom stereocenters. The molecule has 0 radical (unpaired) electrons. The summed E-state index contributed by atoms with van der Waals surface area (Å²) in [5.74, 6) is -0.396. The Balaban J connectivity index is 1.63. The second kappa shape index (κ2) is 9.16. The number of benzene rings is 2. The number of para-hydroxylation sites is 2. The number of imidazole rings is 1. The van der Waals surface area contributed by atoms with Crippen LogP contribution in [0.5, 0.6) is 0 Å². The monoisotopic (exact) mass is 473 g/mol. The summed E-state index contributed by atoms with van der Waals surface area (Å²) >= 11 is 0. The number of rotatable bonds is 8. The number of hydrogen-bond donors (Lipinski definition) is 1. The summed E-state index contributed by atoms with van der Waals surface area (Å²) in [4.78, 5) is 37.9. The first kappa shape index (κ1) is 22.7. The molecule has 2 heterocycles. The van der Waals surface area contributed by atoms with Crippen molar-refractivity contribution in [3.8, 4) is 0 Å². The lowest BCUT2D eigenvalue weighted by molar-refractivity contribution is -0.384. The molecule has 0 aliphatic carbocycles. The van der Waals surface area contributed by atoms with E-state index in [2.05, 4.69) is 10.2 Å². The summed E-state index contributed by atoms with van der Waals surface area (Å²) in [6.07, 6.45) is 2.29. The number of nitro groups is 1. The predicted octanol–water partition coefficient (Wildman–Crippen LogP) is 1.16. The highest BCUT2D eigenvalue weighted by atomic mass is 32.2. The van der Waals surface area contributed by atoms with Crippen LogP contribution in [0.2, 0.25) is 0 Å². The molecule has 3 aromatic rings. The third-order valence-electron chi connectivity index (χ3n) is 5.63. The van der Waals surface area contributed by atoms with Crippen LogP contribution in [0.4, 0.5) is 5.69 Å². The smallest absolute Gasteiger partial charge is 0.343 e. The molecule has 2 aromatic carbocycles. The molecule has 1 fully saturated rings. The van der Waals surface area contributed by atoms with Crippen molar-refractivity contribution in [1.82, 2.24) is 18.8 Å². The maximum Gasteiger partial charge on any atom is 0.343 e. The van der Waals surface area contributed by atoms with E-state index in [1.54, 1.807) is 18.2 Å². The van der Waals surface area contributed by atoms with Crippen molar-refractivity contribution >= 4 is 32.7 Å². The van der Waals surface area contributed by atoms with Gasteiger partial charge in [-0.05, 0) is 50.2 Å². The van der Waals surface area contributed by atoms with E-state index in [0.717, 1.165) is 61.3 Å². The average Bonchev–Trinajstić information content (AvgIpc) is 3.40. The van der Waals surface area contributed by atoms with Gasteiger partial charge in [0.15, 0.2) is 0 Å². The number of nitrogens with one attached hydrogen (secondary N) is 1. The van der Waals surface area contributed by atoms with Crippen LogP contribution in [0.3, 0.4) is 0 Å². The Morgan fingerprint density at radius 3 is 2.30 bits per heavy atom. The zero-order valence-electron chi connectivity index (χ0n) is 17.7. The van der Waals surface area contributed by atoms with Gasteiger partial charge in [-0.3, -0.25) is 19.5 Å². The fourth-order valence-corrected chi connectivity index (χ4v) is 5.38. The highest BCUT2D eigenvalue weighted by Gasteiger charge is 2.26. The number of nitrogens with zero attached hydrogens (tertiary/aromatic N) is 4. The number of carbonyl (C=O) groups excluding carboxylic acids is 1. The van der Waals surface area contributed by atoms with Crippen LogP contribution in [0.25, 0.3) is 11.0 Å². The first-order valence-corrected chi connectivity index (χ1v) is 11.9. The highest BCUT2D eigenvalue weighted by molar-refractivity contribution is 7.90. The van der Waals surface area contributed by atoms with Crippen molar-refractivity contribution in [2.45, 2.75) is 24.3 Å². The number of hydrogen-bond acceptors (Lipinski definition) is 7. The Labute approximate surface area is 189 Å². The second-order valence-corrected chi connectivity index (χ2v) is 9.56. The van der Waals surface area contributed by atoms with Gasteiger partial charge in [0.2, 0.25) is 5.91 Å². The first-order valence-electron chi connectivity index (χ1n) is 10.5. The number of fused-ring (bicyclic) bond motifs is 1. The number of likely N-dealkylation sites (tertiary alicyclic amines) is 1. The topological polar surface area (TPSA) is 137 Å². The molecule has 4 rings (SSSR count). The van der Waals surface area contributed by atoms with E-state index in [1.807, 2.05) is 0 Å². The fourth-order valence-electron chi connectivity index (χ4n) is 3.97. The molecular weight excluding hydrogens is 450 g/mol. The summed E-state index contributed by atoms with van der Waals surface area (Å²) in [6, 6.07) is 10.6. The zero-order chi connectivity index (χ0) is 23.6. The maximum absolute atomic E-state index is 13.2. The molecule has 1 amide bonds. The second-order valence-electron chi connectivity index (χ2n) is 7.78. The van der Waals surface area contributed by atoms with Gasteiger partial charge in [-0.2, -0.15) is 3.97 Å². The van der Waals surface area contributed by atoms with Crippen molar-refractivity contribution in [3.63, 3.8) is 0 Å². The molecule has 174 valence electrons. The predicted molar refractivity (Wildman–Crippen MR) is 121 cm³/mol. The lowest BCUT2D eigenvalue weighted by Gasteiger charge is -2.14. The number of amides is 1. The lowest BCUT2D eigenvalue weighted by atomic mass is 10.3. The molecule has 1 saturated heterocycles. The van der Waals surface area contributed by atoms with Crippen LogP contribution >= 0.6 is 0 Å². The number of non-ortho nitro benzene ring substituents is 1. The van der Waals surface area contributed by atoms with Crippen molar-refractivity contribution in [2.75, 3.05) is 26.2 Å². The fraction of sp³-hybridized carbons (Fsp3) is 0.333. The zero-order valence-corrected chi connectivity index (χ0v) is 18.5. The van der Waals surface area contributed by atoms with E-state index in [0.29, 0.717) is 16.0 Å². The minimum atomic E-state index is -4.36. The molecular formula is C21H23N5O6S. The lowest BCUT2D eigenvalue weighted by Crippen LogP contribution is -2.38. The molecule has 33 heavy (non-hydrogen) atoms. The molecule has 0 spiro atoms. The summed E-state index contributed by atoms with van der Waals surface area (Å²) in [5.41, 5.74) is -0.744. The number of nitro benzene ring substituents is 1. The van der Waals surface area contributed by atoms with Crippen LogP contribution < -0.4 is 11.0 Å². The minimum absolute atomic E-state index is 0.116. The van der Waals surface area contributed by atoms with E-state index in [9.17, 15) is 28.1 Å². The number of carbonyl (C=O) groups is 1. The van der Waals surface area contributed by atoms with Crippen LogP contribution in [-0.4, -0.2) is 58.9 Å². The maximum atomic E-state index is 13.2. The molecule has 1 aliphatic heterocycles. The largest absolute Gasteiger partial charge is 0.353 e. The van der Waals surface area contributed by atoms with E-state index < -0.39 is 26.5 Å². The van der Waals surface area contributed by atoms with Gasteiger partial charge in [-0.1, -0.05) is 12.1 Å². The molecule has 1 N–H and O–H groups in total. The van der Waals surface area contributed by atoms with E-state index in [-0.39, 0.29) is 22.6 Å². The Bertz CT molecular complexity index is 1350. The van der Waals surface area contributed by atoms with Crippen LogP contribution in [0, 0.1) is 10.1 Å². The quantitative estimate of drug-likeness (QED) is 0.383. The third kappa shape index (κ3) is 4.52. The Morgan fingerprint density at radius 2 is 1.67 bits per heavy atom. The summed E-state index contributed by atoms with van der Waals surface area (Å²) in [7, 11) is -4.36. The van der Waals surface area contributed by atoms with Crippen molar-refractivity contribution in [3.05, 3.63) is 69.1 Å². The van der Waals surface area contributed by atoms with Crippen LogP contribution in [0.1, 0.15) is 12.8 Å².